The molecule has 0 aliphatic heterocycles. The Hall–Kier alpha value is -0.910. The van der Waals surface area contributed by atoms with Crippen LogP contribution >= 0.6 is 23.4 Å². The number of aliphatic hydroxyl groups excluding tert-OH is 1. The van der Waals surface area contributed by atoms with Crippen molar-refractivity contribution in [3.8, 4) is 0 Å². The second-order valence-corrected chi connectivity index (χ2v) is 5.03. The molecule has 0 aromatic heterocycles. The first-order valence-corrected chi connectivity index (χ1v) is 6.70. The second kappa shape index (κ2) is 7.42. The molecule has 0 saturated carbocycles. The molecule has 17 heavy (non-hydrogen) atoms. The molecular weight excluding hydrogens is 260 g/mol. The highest BCUT2D eigenvalue weighted by molar-refractivity contribution is 7.99. The molecule has 0 aliphatic rings. The summed E-state index contributed by atoms with van der Waals surface area (Å²) in [5.41, 5.74) is 6.73. The lowest BCUT2D eigenvalue weighted by molar-refractivity contribution is -0.115. The number of carbonyl (C=O) groups excluding carboxylic acids is 1. The number of nitrogens with one attached hydrogen (secondary N) is 1. The Labute approximate surface area is 110 Å². The van der Waals surface area contributed by atoms with E-state index in [-0.39, 0.29) is 12.5 Å². The number of thioether (sulfide) groups is 1. The van der Waals surface area contributed by atoms with E-state index in [1.165, 1.54) is 11.8 Å². The molecular formula is C11H15ClN2O2S. The van der Waals surface area contributed by atoms with Gasteiger partial charge < -0.3 is 16.2 Å². The average Bonchev–Trinajstić information content (AvgIpc) is 2.29. The summed E-state index contributed by atoms with van der Waals surface area (Å²) in [5.74, 6) is 1.21. The van der Waals surface area contributed by atoms with E-state index in [4.69, 9.17) is 22.4 Å². The fraction of sp³-hybridized carbons (Fsp3) is 0.364. The standard InChI is InChI=1S/C11H15ClN2O2S/c12-8-1-2-9(13)10(7-8)14-11(16)3-5-17-6-4-15/h1-2,7,15H,3-6,13H2,(H,14,16). The summed E-state index contributed by atoms with van der Waals surface area (Å²) in [5, 5.41) is 11.8. The number of rotatable bonds is 6. The molecule has 0 unspecified atom stereocenters. The van der Waals surface area contributed by atoms with Crippen molar-refractivity contribution in [1.82, 2.24) is 0 Å². The molecule has 0 bridgehead atoms. The first kappa shape index (κ1) is 14.2. The van der Waals surface area contributed by atoms with Gasteiger partial charge in [-0.05, 0) is 18.2 Å². The van der Waals surface area contributed by atoms with Crippen molar-refractivity contribution in [3.05, 3.63) is 23.2 Å². The summed E-state index contributed by atoms with van der Waals surface area (Å²) in [6.07, 6.45) is 0.386. The SMILES string of the molecule is Nc1ccc(Cl)cc1NC(=O)CCSCCO. The maximum Gasteiger partial charge on any atom is 0.225 e. The lowest BCUT2D eigenvalue weighted by Gasteiger charge is -2.08. The molecule has 4 nitrogen and oxygen atoms in total. The fourth-order valence-corrected chi connectivity index (χ4v) is 2.02. The van der Waals surface area contributed by atoms with Gasteiger partial charge in [0.15, 0.2) is 0 Å². The van der Waals surface area contributed by atoms with Crippen LogP contribution in [0.1, 0.15) is 6.42 Å². The van der Waals surface area contributed by atoms with Crippen LogP contribution in [0.5, 0.6) is 0 Å². The molecule has 6 heteroatoms. The van der Waals surface area contributed by atoms with E-state index < -0.39 is 0 Å². The Morgan fingerprint density at radius 3 is 2.94 bits per heavy atom. The number of hydrogen-bond donors (Lipinski definition) is 3. The van der Waals surface area contributed by atoms with Crippen molar-refractivity contribution in [2.75, 3.05) is 29.2 Å². The van der Waals surface area contributed by atoms with Crippen LogP contribution in [0.15, 0.2) is 18.2 Å². The molecule has 1 aromatic rings. The highest BCUT2D eigenvalue weighted by Crippen LogP contribution is 2.23. The van der Waals surface area contributed by atoms with Gasteiger partial charge in [0, 0.05) is 22.9 Å². The van der Waals surface area contributed by atoms with Gasteiger partial charge in [0.05, 0.1) is 18.0 Å². The predicted octanol–water partition coefficient (Wildman–Crippen LogP) is 1.98. The van der Waals surface area contributed by atoms with Crippen LogP contribution in [0, 0.1) is 0 Å². The number of benzene rings is 1. The number of anilines is 2. The van der Waals surface area contributed by atoms with Crippen LogP contribution in [0.3, 0.4) is 0 Å². The van der Waals surface area contributed by atoms with Gasteiger partial charge in [-0.3, -0.25) is 4.79 Å². The molecule has 1 rings (SSSR count). The van der Waals surface area contributed by atoms with Crippen LogP contribution in [-0.2, 0) is 4.79 Å². The molecule has 0 saturated heterocycles. The fourth-order valence-electron chi connectivity index (χ4n) is 1.18. The number of nitrogens with two attached hydrogens (primary N) is 1. The van der Waals surface area contributed by atoms with E-state index in [1.54, 1.807) is 18.2 Å². The molecule has 4 N–H and O–H groups in total. The van der Waals surface area contributed by atoms with Gasteiger partial charge in [-0.25, -0.2) is 0 Å². The minimum Gasteiger partial charge on any atom is -0.397 e. The van der Waals surface area contributed by atoms with E-state index >= 15 is 0 Å². The zero-order valence-corrected chi connectivity index (χ0v) is 10.9. The number of nitrogen functional groups attached to an aromatic ring is 1. The number of amides is 1. The van der Waals surface area contributed by atoms with Gasteiger partial charge in [-0.2, -0.15) is 11.8 Å². The largest absolute Gasteiger partial charge is 0.397 e. The summed E-state index contributed by atoms with van der Waals surface area (Å²) in [6, 6.07) is 4.94. The monoisotopic (exact) mass is 274 g/mol. The maximum atomic E-state index is 11.6. The van der Waals surface area contributed by atoms with E-state index in [0.29, 0.717) is 34.3 Å². The summed E-state index contributed by atoms with van der Waals surface area (Å²) >= 11 is 7.34. The van der Waals surface area contributed by atoms with Gasteiger partial charge in [0.25, 0.3) is 0 Å². The van der Waals surface area contributed by atoms with Crippen molar-refractivity contribution >= 4 is 40.6 Å². The Morgan fingerprint density at radius 2 is 2.24 bits per heavy atom. The molecule has 0 heterocycles. The van der Waals surface area contributed by atoms with E-state index in [2.05, 4.69) is 5.32 Å². The van der Waals surface area contributed by atoms with Gasteiger partial charge in [0.1, 0.15) is 0 Å². The third-order valence-corrected chi connectivity index (χ3v) is 3.20. The van der Waals surface area contributed by atoms with Crippen molar-refractivity contribution in [3.63, 3.8) is 0 Å². The lowest BCUT2D eigenvalue weighted by atomic mass is 10.2. The Morgan fingerprint density at radius 1 is 1.47 bits per heavy atom. The molecule has 0 aliphatic carbocycles. The Kier molecular flexibility index (Phi) is 6.18. The topological polar surface area (TPSA) is 75.3 Å². The summed E-state index contributed by atoms with van der Waals surface area (Å²) in [4.78, 5) is 11.6. The lowest BCUT2D eigenvalue weighted by Crippen LogP contribution is -2.13. The summed E-state index contributed by atoms with van der Waals surface area (Å²) < 4.78 is 0. The van der Waals surface area contributed by atoms with Gasteiger partial charge in [0.2, 0.25) is 5.91 Å². The second-order valence-electron chi connectivity index (χ2n) is 3.37. The van der Waals surface area contributed by atoms with Crippen LogP contribution < -0.4 is 11.1 Å². The normalized spacial score (nSPS) is 10.2. The number of carbonyl (C=O) groups is 1. The van der Waals surface area contributed by atoms with Crippen molar-refractivity contribution in [2.24, 2.45) is 0 Å². The number of aliphatic hydroxyl groups is 1. The first-order valence-electron chi connectivity index (χ1n) is 5.17. The van der Waals surface area contributed by atoms with Crippen LogP contribution in [0.25, 0.3) is 0 Å². The van der Waals surface area contributed by atoms with Crippen LogP contribution in [0.4, 0.5) is 11.4 Å². The molecule has 1 aromatic carbocycles. The average molecular weight is 275 g/mol. The minimum absolute atomic E-state index is 0.107. The van der Waals surface area contributed by atoms with E-state index in [1.807, 2.05) is 0 Å². The third kappa shape index (κ3) is 5.30. The van der Waals surface area contributed by atoms with E-state index in [9.17, 15) is 4.79 Å². The molecule has 0 fully saturated rings. The summed E-state index contributed by atoms with van der Waals surface area (Å²) in [6.45, 7) is 0.132. The van der Waals surface area contributed by atoms with Crippen molar-refractivity contribution < 1.29 is 9.90 Å². The zero-order chi connectivity index (χ0) is 12.7. The first-order chi connectivity index (χ1) is 8.13. The zero-order valence-electron chi connectivity index (χ0n) is 9.28. The van der Waals surface area contributed by atoms with Gasteiger partial charge in [-0.15, -0.1) is 0 Å². The van der Waals surface area contributed by atoms with Crippen LogP contribution in [0.2, 0.25) is 5.02 Å². The highest BCUT2D eigenvalue weighted by Gasteiger charge is 2.05. The molecule has 0 atom stereocenters. The number of hydrogen-bond acceptors (Lipinski definition) is 4. The Balaban J connectivity index is 2.42. The predicted molar refractivity (Wildman–Crippen MR) is 73.5 cm³/mol. The highest BCUT2D eigenvalue weighted by atomic mass is 35.5. The Bertz CT molecular complexity index is 388. The number of halogens is 1. The van der Waals surface area contributed by atoms with Crippen molar-refractivity contribution in [2.45, 2.75) is 6.42 Å². The molecule has 1 amide bonds. The van der Waals surface area contributed by atoms with E-state index in [0.717, 1.165) is 0 Å². The smallest absolute Gasteiger partial charge is 0.225 e. The van der Waals surface area contributed by atoms with Gasteiger partial charge in [-0.1, -0.05) is 11.6 Å². The van der Waals surface area contributed by atoms with Crippen LogP contribution in [-0.4, -0.2) is 29.1 Å². The molecule has 0 spiro atoms. The third-order valence-electron chi connectivity index (χ3n) is 2.00. The minimum atomic E-state index is -0.107. The quantitative estimate of drug-likeness (QED) is 0.548. The molecule has 0 radical (unpaired) electrons. The van der Waals surface area contributed by atoms with Crippen molar-refractivity contribution in [1.29, 1.82) is 0 Å². The van der Waals surface area contributed by atoms with Gasteiger partial charge >= 0.3 is 0 Å². The summed E-state index contributed by atoms with van der Waals surface area (Å²) in [7, 11) is 0. The molecule has 94 valence electrons. The maximum absolute atomic E-state index is 11.6.